The van der Waals surface area contributed by atoms with E-state index in [4.69, 9.17) is 31.5 Å². The van der Waals surface area contributed by atoms with Crippen LogP contribution < -0.4 is 19.7 Å². The number of hydrogen-bond donors (Lipinski definition) is 1. The van der Waals surface area contributed by atoms with Gasteiger partial charge in [-0.3, -0.25) is 4.57 Å². The Balaban J connectivity index is 0.000000320. The molecule has 0 unspecified atom stereocenters. The van der Waals surface area contributed by atoms with Crippen molar-refractivity contribution in [2.75, 3.05) is 0 Å². The summed E-state index contributed by atoms with van der Waals surface area (Å²) < 4.78 is 37.4. The van der Waals surface area contributed by atoms with Crippen LogP contribution in [-0.4, -0.2) is 5.11 Å². The molecule has 0 heterocycles. The number of hydrogen-bond acceptors (Lipinski definition) is 5. The number of rotatable bonds is 6. The number of benzene rings is 5. The molecule has 5 rings (SSSR count). The SMILES string of the molecule is C#C.Cc1cc(C)c(O)c(C)c1.Cc1cc(C)c(OP(=O)(Oc2c(C)cc(C)cc2C)c2ccccc2)c(C)c1.O=P(Cl)(Cl)c1ccccc1. The van der Waals surface area contributed by atoms with Crippen LogP contribution in [0.25, 0.3) is 0 Å². The van der Waals surface area contributed by atoms with Gasteiger partial charge in [-0.15, -0.1) is 12.8 Å². The molecule has 264 valence electrons. The maximum absolute atomic E-state index is 14.1. The lowest BCUT2D eigenvalue weighted by Crippen LogP contribution is -2.16. The first-order valence-electron chi connectivity index (χ1n) is 15.8. The average molecular weight is 752 g/mol. The Hall–Kier alpha value is -3.90. The van der Waals surface area contributed by atoms with Crippen LogP contribution in [0.3, 0.4) is 0 Å². The number of terminal acetylenes is 1. The van der Waals surface area contributed by atoms with Crippen LogP contribution in [0.1, 0.15) is 50.1 Å². The van der Waals surface area contributed by atoms with Crippen LogP contribution in [0.15, 0.2) is 97.1 Å². The second kappa shape index (κ2) is 18.9. The fourth-order valence-electron chi connectivity index (χ4n) is 5.37. The van der Waals surface area contributed by atoms with Crippen LogP contribution in [0, 0.1) is 75.2 Å². The van der Waals surface area contributed by atoms with Crippen molar-refractivity contribution in [3.63, 3.8) is 0 Å². The molecule has 0 fully saturated rings. The molecule has 0 aliphatic rings. The van der Waals surface area contributed by atoms with Crippen LogP contribution in [0.2, 0.25) is 0 Å². The Bertz CT molecular complexity index is 1870. The van der Waals surface area contributed by atoms with Gasteiger partial charge in [0, 0.05) is 5.30 Å². The zero-order valence-corrected chi connectivity index (χ0v) is 33.4. The summed E-state index contributed by atoms with van der Waals surface area (Å²) in [5, 5.41) is 10.4. The van der Waals surface area contributed by atoms with Gasteiger partial charge in [0.25, 0.3) is 5.85 Å². The monoisotopic (exact) mass is 750 g/mol. The molecular weight excluding hydrogens is 705 g/mol. The van der Waals surface area contributed by atoms with E-state index in [0.717, 1.165) is 44.5 Å². The van der Waals surface area contributed by atoms with Crippen LogP contribution >= 0.6 is 35.9 Å². The van der Waals surface area contributed by atoms with Crippen molar-refractivity contribution in [3.05, 3.63) is 147 Å². The summed E-state index contributed by atoms with van der Waals surface area (Å²) in [6.07, 6.45) is 8.00. The number of halogens is 2. The molecule has 9 heteroatoms. The summed E-state index contributed by atoms with van der Waals surface area (Å²) in [5.74, 6) is -1.43. The third-order valence-electron chi connectivity index (χ3n) is 7.40. The molecule has 0 bridgehead atoms. The van der Waals surface area contributed by atoms with Gasteiger partial charge in [0.1, 0.15) is 17.2 Å². The Morgan fingerprint density at radius 3 is 1.06 bits per heavy atom. The summed E-state index contributed by atoms with van der Waals surface area (Å²) in [5.41, 5.74) is 9.15. The highest BCUT2D eigenvalue weighted by Gasteiger charge is 2.33. The zero-order chi connectivity index (χ0) is 37.8. The Morgan fingerprint density at radius 2 is 0.780 bits per heavy atom. The van der Waals surface area contributed by atoms with E-state index >= 15 is 0 Å². The molecule has 0 aromatic heterocycles. The van der Waals surface area contributed by atoms with Crippen LogP contribution in [-0.2, 0) is 9.13 Å². The van der Waals surface area contributed by atoms with Gasteiger partial charge in [0.15, 0.2) is 0 Å². The summed E-state index contributed by atoms with van der Waals surface area (Å²) in [6.45, 7) is 17.8. The molecule has 0 spiro atoms. The molecule has 5 aromatic rings. The third-order valence-corrected chi connectivity index (χ3v) is 11.2. The van der Waals surface area contributed by atoms with E-state index in [1.165, 1.54) is 5.56 Å². The van der Waals surface area contributed by atoms with Gasteiger partial charge in [-0.05, 0) is 142 Å². The number of phenolic OH excluding ortho intramolecular Hbond substituents is 1. The van der Waals surface area contributed by atoms with Crippen molar-refractivity contribution in [2.45, 2.75) is 62.3 Å². The maximum Gasteiger partial charge on any atom is 0.462 e. The Kier molecular flexibility index (Phi) is 16.0. The fraction of sp³-hybridized carbons (Fsp3) is 0.220. The molecule has 0 aliphatic carbocycles. The van der Waals surface area contributed by atoms with Gasteiger partial charge < -0.3 is 14.2 Å². The molecule has 0 atom stereocenters. The van der Waals surface area contributed by atoms with Gasteiger partial charge in [-0.2, -0.15) is 0 Å². The summed E-state index contributed by atoms with van der Waals surface area (Å²) in [7, 11) is -3.65. The minimum absolute atomic E-state index is 0.422. The minimum atomic E-state index is -3.65. The Labute approximate surface area is 308 Å². The van der Waals surface area contributed by atoms with Gasteiger partial charge in [0.05, 0.1) is 5.30 Å². The van der Waals surface area contributed by atoms with Gasteiger partial charge in [-0.1, -0.05) is 89.5 Å². The van der Waals surface area contributed by atoms with Crippen molar-refractivity contribution in [2.24, 2.45) is 0 Å². The highest BCUT2D eigenvalue weighted by Crippen LogP contribution is 2.55. The highest BCUT2D eigenvalue weighted by atomic mass is 35.9. The molecule has 0 saturated carbocycles. The average Bonchev–Trinajstić information content (AvgIpc) is 3.05. The summed E-state index contributed by atoms with van der Waals surface area (Å²) in [4.78, 5) is 0. The third kappa shape index (κ3) is 12.2. The molecule has 50 heavy (non-hydrogen) atoms. The lowest BCUT2D eigenvalue weighted by Gasteiger charge is -2.24. The predicted octanol–water partition coefficient (Wildman–Crippen LogP) is 12.1. The quantitative estimate of drug-likeness (QED) is 0.138. The standard InChI is InChI=1S/C24H27O3P.C9H12O.C6H5Cl2OP.C2H2/c1-16-12-18(3)23(19(4)13-16)26-28(25,22-10-8-7-9-11-22)27-24-20(5)14-17(2)15-21(24)6;1-6-4-7(2)9(10)8(3)5-6;7-10(8,9)6-4-2-1-3-5-6;1-2/h7-15H,1-6H3;4-5,10H,1-3H3;1-5H;1-2H. The van der Waals surface area contributed by atoms with E-state index in [2.05, 4.69) is 12.8 Å². The van der Waals surface area contributed by atoms with Crippen molar-refractivity contribution < 1.29 is 23.3 Å². The Morgan fingerprint density at radius 1 is 0.500 bits per heavy atom. The maximum atomic E-state index is 14.1. The van der Waals surface area contributed by atoms with E-state index in [0.29, 0.717) is 27.9 Å². The van der Waals surface area contributed by atoms with Crippen molar-refractivity contribution >= 4 is 46.5 Å². The lowest BCUT2D eigenvalue weighted by atomic mass is 10.1. The minimum Gasteiger partial charge on any atom is -0.507 e. The first-order chi connectivity index (χ1) is 23.4. The molecule has 5 nitrogen and oxygen atoms in total. The molecule has 0 saturated heterocycles. The lowest BCUT2D eigenvalue weighted by molar-refractivity contribution is 0.394. The summed E-state index contributed by atoms with van der Waals surface area (Å²) in [6, 6.07) is 29.8. The number of phenols is 1. The first-order valence-corrected chi connectivity index (χ1v) is 20.8. The highest BCUT2D eigenvalue weighted by molar-refractivity contribution is 8.13. The van der Waals surface area contributed by atoms with Gasteiger partial charge >= 0.3 is 7.60 Å². The first kappa shape index (κ1) is 42.3. The van der Waals surface area contributed by atoms with Gasteiger partial charge in [-0.25, -0.2) is 4.57 Å². The molecule has 1 N–H and O–H groups in total. The summed E-state index contributed by atoms with van der Waals surface area (Å²) >= 11 is 10.8. The largest absolute Gasteiger partial charge is 0.507 e. The molecule has 5 aromatic carbocycles. The second-order valence-corrected chi connectivity index (χ2v) is 18.7. The van der Waals surface area contributed by atoms with Crippen molar-refractivity contribution in [1.29, 1.82) is 0 Å². The smallest absolute Gasteiger partial charge is 0.462 e. The van der Waals surface area contributed by atoms with E-state index in [1.807, 2.05) is 123 Å². The molecule has 0 aliphatic heterocycles. The fourth-order valence-corrected chi connectivity index (χ4v) is 8.41. The predicted molar refractivity (Wildman–Crippen MR) is 214 cm³/mol. The molecule has 0 radical (unpaired) electrons. The van der Waals surface area contributed by atoms with Crippen LogP contribution in [0.4, 0.5) is 0 Å². The topological polar surface area (TPSA) is 72.8 Å². The van der Waals surface area contributed by atoms with E-state index in [-0.39, 0.29) is 0 Å². The number of aryl methyl sites for hydroxylation is 9. The molecule has 0 amide bonds. The van der Waals surface area contributed by atoms with Crippen molar-refractivity contribution in [1.82, 2.24) is 0 Å². The van der Waals surface area contributed by atoms with Crippen LogP contribution in [0.5, 0.6) is 17.2 Å². The number of aromatic hydroxyl groups is 1. The van der Waals surface area contributed by atoms with Crippen molar-refractivity contribution in [3.8, 4) is 30.1 Å². The molecular formula is C41H46Cl2O5P2. The zero-order valence-electron chi connectivity index (χ0n) is 30.1. The normalized spacial score (nSPS) is 10.7. The van der Waals surface area contributed by atoms with E-state index < -0.39 is 13.4 Å². The second-order valence-electron chi connectivity index (χ2n) is 12.0. The van der Waals surface area contributed by atoms with Gasteiger partial charge in [0.2, 0.25) is 0 Å². The van der Waals surface area contributed by atoms with E-state index in [9.17, 15) is 14.2 Å². The van der Waals surface area contributed by atoms with E-state index in [1.54, 1.807) is 36.4 Å².